The fraction of sp³-hybridized carbons (Fsp3) is 1.00. The minimum atomic E-state index is 0.597. The molecule has 2 saturated heterocycles. The Bertz CT molecular complexity index is 186. The summed E-state index contributed by atoms with van der Waals surface area (Å²) in [4.78, 5) is 2.49. The van der Waals surface area contributed by atoms with Crippen LogP contribution in [0.4, 0.5) is 4.48 Å². The maximum absolute atomic E-state index is 12.9. The Labute approximate surface area is 91.5 Å². The van der Waals surface area contributed by atoms with Gasteiger partial charge in [-0.05, 0) is 45.8 Å². The predicted octanol–water partition coefficient (Wildman–Crippen LogP) is 1.02. The summed E-state index contributed by atoms with van der Waals surface area (Å²) in [7, 11) is 2.22. The third kappa shape index (κ3) is 2.89. The van der Waals surface area contributed by atoms with Gasteiger partial charge >= 0.3 is 0 Å². The summed E-state index contributed by atoms with van der Waals surface area (Å²) in [5.74, 6) is 0. The van der Waals surface area contributed by atoms with Crippen LogP contribution >= 0.6 is 0 Å². The van der Waals surface area contributed by atoms with Crippen molar-refractivity contribution in [3.63, 3.8) is 0 Å². The van der Waals surface area contributed by atoms with Crippen molar-refractivity contribution in [1.82, 2.24) is 15.3 Å². The van der Waals surface area contributed by atoms with Gasteiger partial charge in [0.1, 0.15) is 0 Å². The fourth-order valence-electron chi connectivity index (χ4n) is 2.75. The standard InChI is InChI=1S/C11H22FN3/c1-14(10-2-6-13-7-3-10)11-4-8-15(12)9-5-11/h10-11,13H,2-9H2,1H3. The van der Waals surface area contributed by atoms with E-state index in [9.17, 15) is 4.48 Å². The van der Waals surface area contributed by atoms with Crippen LogP contribution in [0.5, 0.6) is 0 Å². The molecule has 2 fully saturated rings. The molecule has 0 amide bonds. The third-order valence-corrected chi connectivity index (χ3v) is 3.87. The Balaban J connectivity index is 1.81. The first-order chi connectivity index (χ1) is 7.27. The van der Waals surface area contributed by atoms with Crippen LogP contribution in [0.3, 0.4) is 0 Å². The van der Waals surface area contributed by atoms with Crippen LogP contribution in [-0.4, -0.2) is 55.3 Å². The monoisotopic (exact) mass is 215 g/mol. The Morgan fingerprint density at radius 1 is 1.07 bits per heavy atom. The highest BCUT2D eigenvalue weighted by atomic mass is 19.2. The SMILES string of the molecule is CN(C1CCNCC1)C1CCN(F)CC1. The number of rotatable bonds is 2. The molecule has 0 bridgehead atoms. The van der Waals surface area contributed by atoms with Crippen molar-refractivity contribution in [2.45, 2.75) is 37.8 Å². The molecule has 2 heterocycles. The van der Waals surface area contributed by atoms with Gasteiger partial charge in [-0.25, -0.2) is 0 Å². The third-order valence-electron chi connectivity index (χ3n) is 3.87. The van der Waals surface area contributed by atoms with Gasteiger partial charge < -0.3 is 10.2 Å². The molecule has 0 aliphatic carbocycles. The molecule has 0 atom stereocenters. The first-order valence-electron chi connectivity index (χ1n) is 6.11. The van der Waals surface area contributed by atoms with Gasteiger partial charge in [-0.3, -0.25) is 0 Å². The van der Waals surface area contributed by atoms with Crippen molar-refractivity contribution in [2.24, 2.45) is 0 Å². The van der Waals surface area contributed by atoms with Crippen molar-refractivity contribution >= 4 is 0 Å². The van der Waals surface area contributed by atoms with Crippen LogP contribution in [0.25, 0.3) is 0 Å². The molecular weight excluding hydrogens is 193 g/mol. The second kappa shape index (κ2) is 5.23. The largest absolute Gasteiger partial charge is 0.317 e. The van der Waals surface area contributed by atoms with Gasteiger partial charge in [0.25, 0.3) is 0 Å². The lowest BCUT2D eigenvalue weighted by Gasteiger charge is -2.40. The summed E-state index contributed by atoms with van der Waals surface area (Å²) in [6.07, 6.45) is 4.45. The van der Waals surface area contributed by atoms with E-state index in [1.54, 1.807) is 0 Å². The molecule has 4 heteroatoms. The Morgan fingerprint density at radius 3 is 2.20 bits per heavy atom. The molecule has 1 N–H and O–H groups in total. The van der Waals surface area contributed by atoms with Crippen LogP contribution in [-0.2, 0) is 0 Å². The fourth-order valence-corrected chi connectivity index (χ4v) is 2.75. The summed E-state index contributed by atoms with van der Waals surface area (Å²) >= 11 is 0. The number of halogens is 1. The van der Waals surface area contributed by atoms with Gasteiger partial charge in [0, 0.05) is 25.2 Å². The maximum atomic E-state index is 12.9. The van der Waals surface area contributed by atoms with Crippen LogP contribution in [0.15, 0.2) is 0 Å². The smallest absolute Gasteiger partial charge is 0.0305 e. The molecular formula is C11H22FN3. The average Bonchev–Trinajstić information content (AvgIpc) is 2.30. The van der Waals surface area contributed by atoms with Crippen molar-refractivity contribution < 1.29 is 4.48 Å². The minimum absolute atomic E-state index is 0.597. The molecule has 15 heavy (non-hydrogen) atoms. The molecule has 0 aromatic carbocycles. The Kier molecular flexibility index (Phi) is 3.94. The van der Waals surface area contributed by atoms with E-state index in [4.69, 9.17) is 0 Å². The molecule has 0 radical (unpaired) electrons. The molecule has 88 valence electrons. The highest BCUT2D eigenvalue weighted by Crippen LogP contribution is 2.20. The second-order valence-electron chi connectivity index (χ2n) is 4.79. The average molecular weight is 215 g/mol. The number of piperidine rings is 2. The van der Waals surface area contributed by atoms with E-state index in [1.807, 2.05) is 0 Å². The highest BCUT2D eigenvalue weighted by molar-refractivity contribution is 4.83. The Morgan fingerprint density at radius 2 is 1.60 bits per heavy atom. The molecule has 2 aliphatic heterocycles. The summed E-state index contributed by atoms with van der Waals surface area (Å²) in [6, 6.07) is 1.31. The van der Waals surface area contributed by atoms with E-state index in [-0.39, 0.29) is 0 Å². The van der Waals surface area contributed by atoms with Crippen molar-refractivity contribution in [2.75, 3.05) is 33.2 Å². The van der Waals surface area contributed by atoms with Crippen LogP contribution in [0, 0.1) is 0 Å². The van der Waals surface area contributed by atoms with E-state index in [1.165, 1.54) is 12.8 Å². The number of hydrogen-bond acceptors (Lipinski definition) is 3. The maximum Gasteiger partial charge on any atom is 0.0305 e. The summed E-state index contributed by atoms with van der Waals surface area (Å²) < 4.78 is 12.9. The molecule has 0 aromatic heterocycles. The summed E-state index contributed by atoms with van der Waals surface area (Å²) in [5, 5.41) is 4.34. The zero-order valence-corrected chi connectivity index (χ0v) is 9.58. The highest BCUT2D eigenvalue weighted by Gasteiger charge is 2.27. The molecule has 3 nitrogen and oxygen atoms in total. The van der Waals surface area contributed by atoms with Gasteiger partial charge in [-0.15, -0.1) is 9.60 Å². The predicted molar refractivity (Wildman–Crippen MR) is 59.4 cm³/mol. The summed E-state index contributed by atoms with van der Waals surface area (Å²) in [6.45, 7) is 3.49. The second-order valence-corrected chi connectivity index (χ2v) is 4.79. The van der Waals surface area contributed by atoms with E-state index in [0.717, 1.165) is 31.1 Å². The Hall–Kier alpha value is -0.190. The van der Waals surface area contributed by atoms with Gasteiger partial charge in [-0.1, -0.05) is 0 Å². The summed E-state index contributed by atoms with van der Waals surface area (Å²) in [5.41, 5.74) is 0. The quantitative estimate of drug-likeness (QED) is 0.694. The van der Waals surface area contributed by atoms with Crippen molar-refractivity contribution in [3.05, 3.63) is 0 Å². The minimum Gasteiger partial charge on any atom is -0.317 e. The molecule has 0 aromatic rings. The molecule has 0 unspecified atom stereocenters. The van der Waals surface area contributed by atoms with Crippen molar-refractivity contribution in [1.29, 1.82) is 0 Å². The molecule has 2 rings (SSSR count). The zero-order valence-electron chi connectivity index (χ0n) is 9.58. The normalized spacial score (nSPS) is 27.4. The van der Waals surface area contributed by atoms with Crippen LogP contribution < -0.4 is 5.32 Å². The number of nitrogens with one attached hydrogen (secondary N) is 1. The van der Waals surface area contributed by atoms with Crippen LogP contribution in [0.1, 0.15) is 25.7 Å². The van der Waals surface area contributed by atoms with Gasteiger partial charge in [0.05, 0.1) is 0 Å². The molecule has 0 saturated carbocycles. The lowest BCUT2D eigenvalue weighted by atomic mass is 9.99. The lowest BCUT2D eigenvalue weighted by molar-refractivity contribution is -0.0249. The van der Waals surface area contributed by atoms with E-state index in [0.29, 0.717) is 25.2 Å². The molecule has 2 aliphatic rings. The van der Waals surface area contributed by atoms with Crippen LogP contribution in [0.2, 0.25) is 0 Å². The first-order valence-corrected chi connectivity index (χ1v) is 6.11. The lowest BCUT2D eigenvalue weighted by Crippen LogP contribution is -2.49. The van der Waals surface area contributed by atoms with Gasteiger partial charge in [-0.2, -0.15) is 0 Å². The number of nitrogens with zero attached hydrogens (tertiary/aromatic N) is 2. The first kappa shape index (κ1) is 11.3. The van der Waals surface area contributed by atoms with E-state index < -0.39 is 0 Å². The van der Waals surface area contributed by atoms with E-state index >= 15 is 0 Å². The van der Waals surface area contributed by atoms with E-state index in [2.05, 4.69) is 17.3 Å². The number of hydrogen-bond donors (Lipinski definition) is 1. The topological polar surface area (TPSA) is 18.5 Å². The van der Waals surface area contributed by atoms with Gasteiger partial charge in [0.2, 0.25) is 0 Å². The van der Waals surface area contributed by atoms with Gasteiger partial charge in [0.15, 0.2) is 0 Å². The van der Waals surface area contributed by atoms with Crippen molar-refractivity contribution in [3.8, 4) is 0 Å². The zero-order chi connectivity index (χ0) is 10.7. The molecule has 0 spiro atoms.